The molecule has 1 aromatic heterocycles. The molecule has 0 aliphatic carbocycles. The zero-order valence-electron chi connectivity index (χ0n) is 8.45. The van der Waals surface area contributed by atoms with Gasteiger partial charge in [0, 0.05) is 5.92 Å². The van der Waals surface area contributed by atoms with Crippen LogP contribution in [0.4, 0.5) is 13.2 Å². The van der Waals surface area contributed by atoms with Gasteiger partial charge in [0.2, 0.25) is 0 Å². The smallest absolute Gasteiger partial charge is 0.219 e. The Labute approximate surface area is 94.8 Å². The Hall–Kier alpha value is -0.580. The van der Waals surface area contributed by atoms with Gasteiger partial charge < -0.3 is 0 Å². The number of halogens is 4. The van der Waals surface area contributed by atoms with Crippen LogP contribution >= 0.6 is 15.9 Å². The van der Waals surface area contributed by atoms with E-state index in [0.717, 1.165) is 6.42 Å². The van der Waals surface area contributed by atoms with Crippen molar-refractivity contribution in [2.24, 2.45) is 0 Å². The standard InChI is InChI=1S/C10H11BrF3N/c1-3-4-5(2)9-7(12)6(11)8(13)10(14)15-9/h5H,3-4H2,1-2H3. The Bertz CT molecular complexity index is 368. The fourth-order valence-electron chi connectivity index (χ4n) is 1.40. The first-order valence-electron chi connectivity index (χ1n) is 4.68. The molecule has 1 unspecified atom stereocenters. The summed E-state index contributed by atoms with van der Waals surface area (Å²) in [6.45, 7) is 3.67. The lowest BCUT2D eigenvalue weighted by molar-refractivity contribution is 0.439. The molecule has 0 radical (unpaired) electrons. The highest BCUT2D eigenvalue weighted by Gasteiger charge is 2.21. The third kappa shape index (κ3) is 2.51. The Kier molecular flexibility index (Phi) is 4.13. The van der Waals surface area contributed by atoms with Gasteiger partial charge in [0.1, 0.15) is 0 Å². The topological polar surface area (TPSA) is 12.9 Å². The van der Waals surface area contributed by atoms with E-state index in [1.165, 1.54) is 0 Å². The molecular weight excluding hydrogens is 271 g/mol. The van der Waals surface area contributed by atoms with Crippen molar-refractivity contribution in [3.8, 4) is 0 Å². The van der Waals surface area contributed by atoms with Gasteiger partial charge in [-0.1, -0.05) is 20.3 Å². The molecule has 15 heavy (non-hydrogen) atoms. The largest absolute Gasteiger partial charge is 0.250 e. The molecule has 0 N–H and O–H groups in total. The Balaban J connectivity index is 3.19. The number of nitrogens with zero attached hydrogens (tertiary/aromatic N) is 1. The van der Waals surface area contributed by atoms with E-state index < -0.39 is 22.1 Å². The molecule has 0 spiro atoms. The maximum atomic E-state index is 13.5. The summed E-state index contributed by atoms with van der Waals surface area (Å²) in [6, 6.07) is 0. The zero-order valence-corrected chi connectivity index (χ0v) is 10.0. The van der Waals surface area contributed by atoms with Crippen molar-refractivity contribution in [3.05, 3.63) is 27.7 Å². The lowest BCUT2D eigenvalue weighted by Crippen LogP contribution is -2.06. The molecular formula is C10H11BrF3N. The van der Waals surface area contributed by atoms with Crippen LogP contribution in [0.25, 0.3) is 0 Å². The molecule has 0 fully saturated rings. The molecule has 0 saturated heterocycles. The van der Waals surface area contributed by atoms with Crippen LogP contribution in [-0.2, 0) is 0 Å². The maximum Gasteiger partial charge on any atom is 0.250 e. The summed E-state index contributed by atoms with van der Waals surface area (Å²) in [6.07, 6.45) is 1.51. The number of hydrogen-bond acceptors (Lipinski definition) is 1. The van der Waals surface area contributed by atoms with E-state index in [1.807, 2.05) is 6.92 Å². The molecule has 0 saturated carbocycles. The van der Waals surface area contributed by atoms with Crippen molar-refractivity contribution < 1.29 is 13.2 Å². The average molecular weight is 282 g/mol. The van der Waals surface area contributed by atoms with Crippen molar-refractivity contribution in [2.75, 3.05) is 0 Å². The molecule has 0 aromatic carbocycles. The molecule has 0 aliphatic heterocycles. The molecule has 1 aromatic rings. The molecule has 0 aliphatic rings. The predicted octanol–water partition coefficient (Wildman–Crippen LogP) is 4.17. The summed E-state index contributed by atoms with van der Waals surface area (Å²) < 4.78 is 38.9. The minimum absolute atomic E-state index is 0.0253. The van der Waals surface area contributed by atoms with Crippen LogP contribution in [0, 0.1) is 17.6 Å². The highest BCUT2D eigenvalue weighted by molar-refractivity contribution is 9.10. The number of hydrogen-bond donors (Lipinski definition) is 0. The molecule has 1 atom stereocenters. The summed E-state index contributed by atoms with van der Waals surface area (Å²) >= 11 is 2.67. The first-order chi connectivity index (χ1) is 6.99. The summed E-state index contributed by atoms with van der Waals surface area (Å²) in [5, 5.41) is 0. The van der Waals surface area contributed by atoms with Crippen LogP contribution < -0.4 is 0 Å². The molecule has 0 bridgehead atoms. The normalized spacial score (nSPS) is 12.9. The van der Waals surface area contributed by atoms with E-state index in [-0.39, 0.29) is 11.6 Å². The minimum atomic E-state index is -1.28. The van der Waals surface area contributed by atoms with Crippen LogP contribution in [0.1, 0.15) is 38.3 Å². The van der Waals surface area contributed by atoms with Crippen LogP contribution in [0.2, 0.25) is 0 Å². The summed E-state index contributed by atoms with van der Waals surface area (Å²) in [5.74, 6) is -3.57. The maximum absolute atomic E-state index is 13.5. The Morgan fingerprint density at radius 2 is 1.87 bits per heavy atom. The van der Waals surface area contributed by atoms with E-state index in [1.54, 1.807) is 6.92 Å². The van der Waals surface area contributed by atoms with E-state index in [9.17, 15) is 13.2 Å². The fraction of sp³-hybridized carbons (Fsp3) is 0.500. The lowest BCUT2D eigenvalue weighted by atomic mass is 10.0. The number of aromatic nitrogens is 1. The first kappa shape index (κ1) is 12.5. The monoisotopic (exact) mass is 281 g/mol. The lowest BCUT2D eigenvalue weighted by Gasteiger charge is -2.11. The van der Waals surface area contributed by atoms with Gasteiger partial charge in [-0.2, -0.15) is 4.39 Å². The van der Waals surface area contributed by atoms with Crippen LogP contribution in [0.3, 0.4) is 0 Å². The van der Waals surface area contributed by atoms with Gasteiger partial charge in [0.15, 0.2) is 11.6 Å². The van der Waals surface area contributed by atoms with Gasteiger partial charge in [0.25, 0.3) is 5.95 Å². The Morgan fingerprint density at radius 3 is 2.40 bits per heavy atom. The van der Waals surface area contributed by atoms with E-state index in [4.69, 9.17) is 0 Å². The third-order valence-corrected chi connectivity index (χ3v) is 2.89. The summed E-state index contributed by atoms with van der Waals surface area (Å²) in [7, 11) is 0. The second-order valence-electron chi connectivity index (χ2n) is 3.42. The molecule has 5 heteroatoms. The SMILES string of the molecule is CCCC(C)c1nc(F)c(F)c(Br)c1F. The van der Waals surface area contributed by atoms with Crippen molar-refractivity contribution >= 4 is 15.9 Å². The van der Waals surface area contributed by atoms with Crippen LogP contribution in [0.5, 0.6) is 0 Å². The predicted molar refractivity (Wildman–Crippen MR) is 55.1 cm³/mol. The van der Waals surface area contributed by atoms with E-state index in [2.05, 4.69) is 20.9 Å². The van der Waals surface area contributed by atoms with E-state index in [0.29, 0.717) is 6.42 Å². The molecule has 0 amide bonds. The number of pyridine rings is 1. The van der Waals surface area contributed by atoms with Gasteiger partial charge >= 0.3 is 0 Å². The molecule has 1 heterocycles. The highest BCUT2D eigenvalue weighted by atomic mass is 79.9. The second-order valence-corrected chi connectivity index (χ2v) is 4.21. The Morgan fingerprint density at radius 1 is 1.27 bits per heavy atom. The fourth-order valence-corrected chi connectivity index (χ4v) is 1.77. The van der Waals surface area contributed by atoms with Crippen molar-refractivity contribution in [1.29, 1.82) is 0 Å². The average Bonchev–Trinajstić information content (AvgIpc) is 2.20. The van der Waals surface area contributed by atoms with Crippen molar-refractivity contribution in [2.45, 2.75) is 32.6 Å². The van der Waals surface area contributed by atoms with Gasteiger partial charge in [-0.25, -0.2) is 13.8 Å². The summed E-state index contributed by atoms with van der Waals surface area (Å²) in [5.41, 5.74) is -0.0253. The van der Waals surface area contributed by atoms with Crippen molar-refractivity contribution in [3.63, 3.8) is 0 Å². The molecule has 84 valence electrons. The van der Waals surface area contributed by atoms with Crippen LogP contribution in [0.15, 0.2) is 4.47 Å². The minimum Gasteiger partial charge on any atom is -0.219 e. The zero-order chi connectivity index (χ0) is 11.6. The molecule has 1 nitrogen and oxygen atoms in total. The van der Waals surface area contributed by atoms with Crippen molar-refractivity contribution in [1.82, 2.24) is 4.98 Å². The van der Waals surface area contributed by atoms with Gasteiger partial charge in [-0.15, -0.1) is 0 Å². The van der Waals surface area contributed by atoms with E-state index >= 15 is 0 Å². The third-order valence-electron chi connectivity index (χ3n) is 2.20. The number of rotatable bonds is 3. The highest BCUT2D eigenvalue weighted by Crippen LogP contribution is 2.29. The van der Waals surface area contributed by atoms with Gasteiger partial charge in [0.05, 0.1) is 10.2 Å². The summed E-state index contributed by atoms with van der Waals surface area (Å²) in [4.78, 5) is 3.30. The second kappa shape index (κ2) is 4.96. The quantitative estimate of drug-likeness (QED) is 0.758. The first-order valence-corrected chi connectivity index (χ1v) is 5.48. The van der Waals surface area contributed by atoms with Gasteiger partial charge in [-0.05, 0) is 22.4 Å². The van der Waals surface area contributed by atoms with Gasteiger partial charge in [-0.3, -0.25) is 0 Å². The van der Waals surface area contributed by atoms with Crippen LogP contribution in [-0.4, -0.2) is 4.98 Å². The molecule has 1 rings (SSSR count).